The van der Waals surface area contributed by atoms with Gasteiger partial charge in [-0.15, -0.1) is 0 Å². The van der Waals surface area contributed by atoms with Gasteiger partial charge in [0, 0.05) is 12.5 Å². The molecule has 0 fully saturated rings. The highest BCUT2D eigenvalue weighted by atomic mass is 16.5. The van der Waals surface area contributed by atoms with E-state index >= 15 is 0 Å². The van der Waals surface area contributed by atoms with Crippen LogP contribution >= 0.6 is 0 Å². The van der Waals surface area contributed by atoms with E-state index in [2.05, 4.69) is 29.3 Å². The van der Waals surface area contributed by atoms with Crippen LogP contribution in [0.4, 0.5) is 0 Å². The number of nitrogens with two attached hydrogens (primary N) is 1. The summed E-state index contributed by atoms with van der Waals surface area (Å²) < 4.78 is 4.84. The van der Waals surface area contributed by atoms with E-state index in [9.17, 15) is 4.79 Å². The number of nitrogens with zero attached hydrogens (tertiary/aromatic N) is 2. The van der Waals surface area contributed by atoms with E-state index in [1.54, 1.807) is 0 Å². The molecule has 0 bridgehead atoms. The lowest BCUT2D eigenvalue weighted by molar-refractivity contribution is 0.0987. The van der Waals surface area contributed by atoms with E-state index in [-0.39, 0.29) is 5.82 Å². The third kappa shape index (κ3) is 4.07. The zero-order valence-corrected chi connectivity index (χ0v) is 8.99. The van der Waals surface area contributed by atoms with Crippen LogP contribution in [0.3, 0.4) is 0 Å². The number of aromatic nitrogens is 2. The minimum atomic E-state index is -0.662. The van der Waals surface area contributed by atoms with Crippen molar-refractivity contribution >= 4 is 5.91 Å². The van der Waals surface area contributed by atoms with Gasteiger partial charge in [0.05, 0.1) is 0 Å². The van der Waals surface area contributed by atoms with E-state index in [1.165, 1.54) is 0 Å². The summed E-state index contributed by atoms with van der Waals surface area (Å²) in [5.41, 5.74) is 4.99. The van der Waals surface area contributed by atoms with E-state index in [0.29, 0.717) is 18.4 Å². The Hall–Kier alpha value is -1.43. The summed E-state index contributed by atoms with van der Waals surface area (Å²) in [7, 11) is 0. The Morgan fingerprint density at radius 1 is 1.60 bits per heavy atom. The zero-order valence-electron chi connectivity index (χ0n) is 8.99. The molecule has 0 unspecified atom stereocenters. The standard InChI is InChI=1S/C9H16N4O2/c1-6(2)11-5-3-4-7-12-9(8(10)14)13-15-7/h6,11H,3-5H2,1-2H3,(H2,10,14). The van der Waals surface area contributed by atoms with Gasteiger partial charge in [-0.2, -0.15) is 4.98 Å². The first kappa shape index (κ1) is 11.6. The Morgan fingerprint density at radius 2 is 2.33 bits per heavy atom. The fraction of sp³-hybridized carbons (Fsp3) is 0.667. The minimum Gasteiger partial charge on any atom is -0.363 e. The number of carbonyl (C=O) groups is 1. The van der Waals surface area contributed by atoms with Crippen LogP contribution in [-0.2, 0) is 6.42 Å². The van der Waals surface area contributed by atoms with Gasteiger partial charge < -0.3 is 15.6 Å². The Bertz CT molecular complexity index is 322. The van der Waals surface area contributed by atoms with Gasteiger partial charge in [0.1, 0.15) is 0 Å². The monoisotopic (exact) mass is 212 g/mol. The van der Waals surface area contributed by atoms with Crippen molar-refractivity contribution in [3.8, 4) is 0 Å². The molecule has 0 aromatic carbocycles. The number of hydrogen-bond acceptors (Lipinski definition) is 5. The van der Waals surface area contributed by atoms with Crippen LogP contribution in [0.2, 0.25) is 0 Å². The lowest BCUT2D eigenvalue weighted by Gasteiger charge is -2.05. The van der Waals surface area contributed by atoms with Gasteiger partial charge >= 0.3 is 0 Å². The van der Waals surface area contributed by atoms with Crippen LogP contribution in [0.15, 0.2) is 4.52 Å². The smallest absolute Gasteiger partial charge is 0.290 e. The molecule has 1 aromatic heterocycles. The quantitative estimate of drug-likeness (QED) is 0.652. The highest BCUT2D eigenvalue weighted by molar-refractivity contribution is 5.88. The maximum Gasteiger partial charge on any atom is 0.290 e. The third-order valence-electron chi connectivity index (χ3n) is 1.81. The van der Waals surface area contributed by atoms with Crippen LogP contribution in [0.5, 0.6) is 0 Å². The van der Waals surface area contributed by atoms with Crippen LogP contribution < -0.4 is 11.1 Å². The molecule has 0 aliphatic heterocycles. The van der Waals surface area contributed by atoms with Crippen molar-refractivity contribution in [2.45, 2.75) is 32.7 Å². The van der Waals surface area contributed by atoms with Gasteiger partial charge in [0.2, 0.25) is 5.89 Å². The van der Waals surface area contributed by atoms with Crippen LogP contribution in [0, 0.1) is 0 Å². The first-order chi connectivity index (χ1) is 7.09. The largest absolute Gasteiger partial charge is 0.363 e. The van der Waals surface area contributed by atoms with Crippen molar-refractivity contribution in [3.05, 3.63) is 11.7 Å². The lowest BCUT2D eigenvalue weighted by Crippen LogP contribution is -2.23. The SMILES string of the molecule is CC(C)NCCCc1nc(C(N)=O)no1. The summed E-state index contributed by atoms with van der Waals surface area (Å²) >= 11 is 0. The summed E-state index contributed by atoms with van der Waals surface area (Å²) in [5.74, 6) is -0.263. The van der Waals surface area contributed by atoms with Gasteiger partial charge in [-0.3, -0.25) is 4.79 Å². The Kier molecular flexibility index (Phi) is 4.23. The first-order valence-electron chi connectivity index (χ1n) is 4.95. The number of amides is 1. The Balaban J connectivity index is 2.29. The molecular weight excluding hydrogens is 196 g/mol. The van der Waals surface area contributed by atoms with Crippen LogP contribution in [0.1, 0.15) is 36.8 Å². The lowest BCUT2D eigenvalue weighted by atomic mass is 10.3. The number of hydrogen-bond donors (Lipinski definition) is 2. The molecule has 0 aliphatic rings. The van der Waals surface area contributed by atoms with Gasteiger partial charge in [0.15, 0.2) is 0 Å². The normalized spacial score (nSPS) is 10.9. The van der Waals surface area contributed by atoms with Crippen molar-refractivity contribution in [2.75, 3.05) is 6.54 Å². The Labute approximate surface area is 88.2 Å². The van der Waals surface area contributed by atoms with E-state index in [0.717, 1.165) is 13.0 Å². The molecule has 0 aliphatic carbocycles. The molecule has 0 spiro atoms. The molecule has 1 amide bonds. The van der Waals surface area contributed by atoms with Crippen molar-refractivity contribution in [1.82, 2.24) is 15.5 Å². The molecule has 1 heterocycles. The van der Waals surface area contributed by atoms with Crippen molar-refractivity contribution in [2.24, 2.45) is 5.73 Å². The molecule has 0 radical (unpaired) electrons. The third-order valence-corrected chi connectivity index (χ3v) is 1.81. The molecule has 1 rings (SSSR count). The van der Waals surface area contributed by atoms with Gasteiger partial charge in [-0.25, -0.2) is 0 Å². The average molecular weight is 212 g/mol. The number of carbonyl (C=O) groups excluding carboxylic acids is 1. The number of primary amides is 1. The number of rotatable bonds is 6. The molecule has 15 heavy (non-hydrogen) atoms. The molecule has 1 aromatic rings. The van der Waals surface area contributed by atoms with Crippen molar-refractivity contribution in [1.29, 1.82) is 0 Å². The molecule has 6 heteroatoms. The van der Waals surface area contributed by atoms with E-state index in [4.69, 9.17) is 10.3 Å². The second-order valence-electron chi connectivity index (χ2n) is 3.59. The van der Waals surface area contributed by atoms with Gasteiger partial charge in [-0.05, 0) is 13.0 Å². The van der Waals surface area contributed by atoms with Crippen LogP contribution in [-0.4, -0.2) is 28.6 Å². The summed E-state index contributed by atoms with van der Waals surface area (Å²) in [6.07, 6.45) is 1.54. The van der Waals surface area contributed by atoms with Gasteiger partial charge in [0.25, 0.3) is 11.7 Å². The Morgan fingerprint density at radius 3 is 2.87 bits per heavy atom. The molecule has 3 N–H and O–H groups in total. The first-order valence-corrected chi connectivity index (χ1v) is 4.95. The summed E-state index contributed by atoms with van der Waals surface area (Å²) in [6.45, 7) is 5.04. The molecule has 84 valence electrons. The minimum absolute atomic E-state index is 0.0539. The summed E-state index contributed by atoms with van der Waals surface area (Å²) in [4.78, 5) is 14.5. The fourth-order valence-electron chi connectivity index (χ4n) is 1.09. The van der Waals surface area contributed by atoms with Crippen molar-refractivity contribution in [3.63, 3.8) is 0 Å². The van der Waals surface area contributed by atoms with E-state index < -0.39 is 5.91 Å². The summed E-state index contributed by atoms with van der Waals surface area (Å²) in [5, 5.41) is 6.71. The average Bonchev–Trinajstić information content (AvgIpc) is 2.60. The predicted octanol–water partition coefficient (Wildman–Crippen LogP) is 0.0991. The maximum absolute atomic E-state index is 10.7. The zero-order chi connectivity index (χ0) is 11.3. The molecular formula is C9H16N4O2. The molecule has 0 atom stereocenters. The second kappa shape index (κ2) is 5.45. The maximum atomic E-state index is 10.7. The van der Waals surface area contributed by atoms with Crippen LogP contribution in [0.25, 0.3) is 0 Å². The number of nitrogens with one attached hydrogen (secondary N) is 1. The molecule has 0 saturated heterocycles. The fourth-order valence-corrected chi connectivity index (χ4v) is 1.09. The predicted molar refractivity (Wildman–Crippen MR) is 54.3 cm³/mol. The molecule has 0 saturated carbocycles. The van der Waals surface area contributed by atoms with E-state index in [1.807, 2.05) is 0 Å². The number of aryl methyl sites for hydroxylation is 1. The second-order valence-corrected chi connectivity index (χ2v) is 3.59. The highest BCUT2D eigenvalue weighted by Crippen LogP contribution is 1.99. The highest BCUT2D eigenvalue weighted by Gasteiger charge is 2.10. The molecule has 6 nitrogen and oxygen atoms in total. The topological polar surface area (TPSA) is 94.0 Å². The van der Waals surface area contributed by atoms with Crippen molar-refractivity contribution < 1.29 is 9.32 Å². The van der Waals surface area contributed by atoms with Gasteiger partial charge in [-0.1, -0.05) is 19.0 Å². The summed E-state index contributed by atoms with van der Waals surface area (Å²) in [6, 6.07) is 0.467.